The maximum absolute atomic E-state index is 4.70. The number of nitrogens with zero attached hydrogens (tertiary/aromatic N) is 2. The quantitative estimate of drug-likeness (QED) is 0.567. The molecule has 0 bridgehead atoms. The van der Waals surface area contributed by atoms with Crippen molar-refractivity contribution in [2.75, 3.05) is 0 Å². The Morgan fingerprint density at radius 1 is 1.00 bits per heavy atom. The molecule has 0 aliphatic carbocycles. The molecule has 0 saturated heterocycles. The van der Waals surface area contributed by atoms with Gasteiger partial charge < -0.3 is 4.57 Å². The molecule has 0 amide bonds. The fourth-order valence-corrected chi connectivity index (χ4v) is 3.20. The van der Waals surface area contributed by atoms with Crippen LogP contribution in [0, 0.1) is 13.8 Å². The predicted octanol–water partition coefficient (Wildman–Crippen LogP) is 5.51. The molecule has 2 heteroatoms. The lowest BCUT2D eigenvalue weighted by molar-refractivity contribution is 0.606. The fraction of sp³-hybridized carbons (Fsp3) is 0.350. The first-order valence-electron chi connectivity index (χ1n) is 8.24. The summed E-state index contributed by atoms with van der Waals surface area (Å²) in [7, 11) is 0. The molecule has 2 aromatic heterocycles. The third-order valence-corrected chi connectivity index (χ3v) is 4.58. The van der Waals surface area contributed by atoms with Crippen LogP contribution in [0.3, 0.4) is 0 Å². The molecule has 0 unspecified atom stereocenters. The number of hydrogen-bond donors (Lipinski definition) is 0. The molecule has 114 valence electrons. The molecule has 2 nitrogen and oxygen atoms in total. The Morgan fingerprint density at radius 2 is 1.77 bits per heavy atom. The number of unbranched alkanes of at least 4 members (excludes halogenated alkanes) is 2. The van der Waals surface area contributed by atoms with E-state index in [-0.39, 0.29) is 0 Å². The molecular weight excluding hydrogens is 268 g/mol. The molecule has 3 rings (SSSR count). The third kappa shape index (κ3) is 2.54. The van der Waals surface area contributed by atoms with Gasteiger partial charge in [0.2, 0.25) is 0 Å². The van der Waals surface area contributed by atoms with Crippen LogP contribution in [-0.2, 0) is 6.54 Å². The van der Waals surface area contributed by atoms with E-state index in [4.69, 9.17) is 4.98 Å². The standard InChI is InChI=1S/C20H24N2/c1-4-5-9-14-22-16(3)15(2)18-12-13-21-19(20(18)22)17-10-7-6-8-11-17/h6-8,10-13H,4-5,9,14H2,1-3H3. The van der Waals surface area contributed by atoms with Gasteiger partial charge in [0.15, 0.2) is 0 Å². The monoisotopic (exact) mass is 292 g/mol. The summed E-state index contributed by atoms with van der Waals surface area (Å²) < 4.78 is 2.47. The van der Waals surface area contributed by atoms with E-state index in [2.05, 4.69) is 61.7 Å². The molecule has 0 aliphatic rings. The van der Waals surface area contributed by atoms with Crippen molar-refractivity contribution in [1.82, 2.24) is 9.55 Å². The van der Waals surface area contributed by atoms with Crippen molar-refractivity contribution in [2.24, 2.45) is 0 Å². The lowest BCUT2D eigenvalue weighted by Crippen LogP contribution is -2.02. The number of rotatable bonds is 5. The van der Waals surface area contributed by atoms with Crippen LogP contribution < -0.4 is 0 Å². The van der Waals surface area contributed by atoms with Crippen molar-refractivity contribution in [2.45, 2.75) is 46.6 Å². The van der Waals surface area contributed by atoms with Gasteiger partial charge in [-0.15, -0.1) is 0 Å². The van der Waals surface area contributed by atoms with Crippen LogP contribution in [0.15, 0.2) is 42.6 Å². The van der Waals surface area contributed by atoms with Gasteiger partial charge in [0.25, 0.3) is 0 Å². The van der Waals surface area contributed by atoms with Gasteiger partial charge in [0.05, 0.1) is 11.2 Å². The van der Waals surface area contributed by atoms with E-state index >= 15 is 0 Å². The van der Waals surface area contributed by atoms with Crippen LogP contribution in [-0.4, -0.2) is 9.55 Å². The number of benzene rings is 1. The summed E-state index contributed by atoms with van der Waals surface area (Å²) in [6.07, 6.45) is 5.69. The Balaban J connectivity index is 2.19. The van der Waals surface area contributed by atoms with Gasteiger partial charge in [-0.2, -0.15) is 0 Å². The smallest absolute Gasteiger partial charge is 0.0944 e. The normalized spacial score (nSPS) is 11.2. The first-order chi connectivity index (χ1) is 10.7. The molecule has 0 N–H and O–H groups in total. The zero-order valence-corrected chi connectivity index (χ0v) is 13.8. The van der Waals surface area contributed by atoms with Crippen molar-refractivity contribution >= 4 is 10.9 Å². The molecule has 0 aliphatic heterocycles. The van der Waals surface area contributed by atoms with Gasteiger partial charge in [0, 0.05) is 29.4 Å². The number of hydrogen-bond acceptors (Lipinski definition) is 1. The van der Waals surface area contributed by atoms with Gasteiger partial charge in [-0.3, -0.25) is 4.98 Å². The highest BCUT2D eigenvalue weighted by Crippen LogP contribution is 2.32. The van der Waals surface area contributed by atoms with Gasteiger partial charge in [-0.25, -0.2) is 0 Å². The second kappa shape index (κ2) is 6.35. The van der Waals surface area contributed by atoms with E-state index in [9.17, 15) is 0 Å². The first-order valence-corrected chi connectivity index (χ1v) is 8.24. The molecule has 22 heavy (non-hydrogen) atoms. The van der Waals surface area contributed by atoms with Crippen LogP contribution >= 0.6 is 0 Å². The van der Waals surface area contributed by atoms with E-state index in [1.165, 1.54) is 47.0 Å². The number of aryl methyl sites for hydroxylation is 2. The second-order valence-corrected chi connectivity index (χ2v) is 5.99. The number of pyridine rings is 1. The van der Waals surface area contributed by atoms with E-state index < -0.39 is 0 Å². The van der Waals surface area contributed by atoms with E-state index in [0.717, 1.165) is 12.2 Å². The summed E-state index contributed by atoms with van der Waals surface area (Å²) >= 11 is 0. The van der Waals surface area contributed by atoms with Gasteiger partial charge in [-0.1, -0.05) is 50.1 Å². The van der Waals surface area contributed by atoms with E-state index in [0.29, 0.717) is 0 Å². The van der Waals surface area contributed by atoms with Gasteiger partial charge in [-0.05, 0) is 31.9 Å². The molecule has 1 aromatic carbocycles. The SMILES string of the molecule is CCCCCn1c(C)c(C)c2ccnc(-c3ccccc3)c21. The van der Waals surface area contributed by atoms with Crippen molar-refractivity contribution < 1.29 is 0 Å². The summed E-state index contributed by atoms with van der Waals surface area (Å²) in [5.74, 6) is 0. The zero-order chi connectivity index (χ0) is 15.5. The summed E-state index contributed by atoms with van der Waals surface area (Å²) in [4.78, 5) is 4.70. The van der Waals surface area contributed by atoms with Crippen molar-refractivity contribution in [3.63, 3.8) is 0 Å². The Labute approximate surface area is 132 Å². The number of aromatic nitrogens is 2. The lowest BCUT2D eigenvalue weighted by atomic mass is 10.1. The van der Waals surface area contributed by atoms with E-state index in [1.54, 1.807) is 0 Å². The van der Waals surface area contributed by atoms with Gasteiger partial charge in [0.1, 0.15) is 0 Å². The topological polar surface area (TPSA) is 17.8 Å². The largest absolute Gasteiger partial charge is 0.343 e. The average Bonchev–Trinajstić information content (AvgIpc) is 2.81. The highest BCUT2D eigenvalue weighted by atomic mass is 15.0. The van der Waals surface area contributed by atoms with Gasteiger partial charge >= 0.3 is 0 Å². The van der Waals surface area contributed by atoms with Crippen LogP contribution in [0.2, 0.25) is 0 Å². The number of fused-ring (bicyclic) bond motifs is 1. The van der Waals surface area contributed by atoms with Crippen molar-refractivity contribution in [3.05, 3.63) is 53.9 Å². The predicted molar refractivity (Wildman–Crippen MR) is 94.2 cm³/mol. The fourth-order valence-electron chi connectivity index (χ4n) is 3.20. The highest BCUT2D eigenvalue weighted by molar-refractivity contribution is 5.95. The molecule has 0 radical (unpaired) electrons. The lowest BCUT2D eigenvalue weighted by Gasteiger charge is -2.11. The minimum Gasteiger partial charge on any atom is -0.343 e. The van der Waals surface area contributed by atoms with Crippen molar-refractivity contribution in [3.8, 4) is 11.3 Å². The van der Waals surface area contributed by atoms with Crippen LogP contribution in [0.4, 0.5) is 0 Å². The maximum Gasteiger partial charge on any atom is 0.0944 e. The summed E-state index contributed by atoms with van der Waals surface area (Å²) in [6.45, 7) is 7.79. The van der Waals surface area contributed by atoms with E-state index in [1.807, 2.05) is 6.20 Å². The highest BCUT2D eigenvalue weighted by Gasteiger charge is 2.15. The Hall–Kier alpha value is -2.09. The maximum atomic E-state index is 4.70. The van der Waals surface area contributed by atoms with Crippen LogP contribution in [0.5, 0.6) is 0 Å². The molecule has 2 heterocycles. The van der Waals surface area contributed by atoms with Crippen LogP contribution in [0.25, 0.3) is 22.2 Å². The summed E-state index contributed by atoms with van der Waals surface area (Å²) in [5, 5.41) is 1.34. The third-order valence-electron chi connectivity index (χ3n) is 4.58. The minimum atomic E-state index is 1.08. The Morgan fingerprint density at radius 3 is 2.50 bits per heavy atom. The molecule has 0 saturated carbocycles. The second-order valence-electron chi connectivity index (χ2n) is 5.99. The Kier molecular flexibility index (Phi) is 4.28. The molecular formula is C20H24N2. The molecule has 0 spiro atoms. The zero-order valence-electron chi connectivity index (χ0n) is 13.8. The van der Waals surface area contributed by atoms with Crippen LogP contribution in [0.1, 0.15) is 37.4 Å². The molecule has 0 fully saturated rings. The first kappa shape index (κ1) is 14.8. The average molecular weight is 292 g/mol. The van der Waals surface area contributed by atoms with Crippen molar-refractivity contribution in [1.29, 1.82) is 0 Å². The summed E-state index contributed by atoms with van der Waals surface area (Å²) in [5.41, 5.74) is 6.34. The minimum absolute atomic E-state index is 1.08. The molecule has 0 atom stereocenters. The molecule has 3 aromatic rings. The Bertz CT molecular complexity index is 769. The summed E-state index contributed by atoms with van der Waals surface area (Å²) in [6, 6.07) is 12.7.